The third-order valence-electron chi connectivity index (χ3n) is 6.01. The van der Waals surface area contributed by atoms with Gasteiger partial charge in [0.05, 0.1) is 33.0 Å². The first-order valence-corrected chi connectivity index (χ1v) is 14.3. The molecule has 8 heteroatoms. The number of amides is 2. The summed E-state index contributed by atoms with van der Waals surface area (Å²) in [7, 11) is 0. The highest BCUT2D eigenvalue weighted by Crippen LogP contribution is 2.13. The Kier molecular flexibility index (Phi) is 26.4. The largest absolute Gasteiger partial charge is 0.383 e. The van der Waals surface area contributed by atoms with E-state index < -0.39 is 6.10 Å². The number of rotatable bonds is 27. The number of nitrogens with one attached hydrogen (secondary N) is 2. The molecule has 2 amide bonds. The third kappa shape index (κ3) is 25.7. The molecule has 1 unspecified atom stereocenters. The second-order valence-corrected chi connectivity index (χ2v) is 9.37. The number of hydrogen-bond acceptors (Lipinski definition) is 5. The molecular formula is C27H56N3O5+. The van der Waals surface area contributed by atoms with Crippen LogP contribution in [0.4, 0.5) is 0 Å². The second-order valence-electron chi connectivity index (χ2n) is 9.37. The molecule has 0 bridgehead atoms. The van der Waals surface area contributed by atoms with Crippen molar-refractivity contribution >= 4 is 11.8 Å². The normalized spacial score (nSPS) is 12.0. The average Bonchev–Trinajstić information content (AvgIpc) is 2.86. The maximum atomic E-state index is 11.9. The lowest BCUT2D eigenvalue weighted by molar-refractivity contribution is -0.374. The van der Waals surface area contributed by atoms with Crippen LogP contribution in [0.15, 0.2) is 0 Å². The van der Waals surface area contributed by atoms with Gasteiger partial charge in [-0.15, -0.1) is 0 Å². The van der Waals surface area contributed by atoms with Crippen molar-refractivity contribution in [2.45, 2.75) is 116 Å². The van der Waals surface area contributed by atoms with E-state index in [1.807, 2.05) is 0 Å². The van der Waals surface area contributed by atoms with E-state index in [1.54, 1.807) is 0 Å². The van der Waals surface area contributed by atoms with Crippen molar-refractivity contribution in [2.24, 2.45) is 0 Å². The minimum Gasteiger partial charge on any atom is -0.383 e. The Morgan fingerprint density at radius 2 is 1.20 bits per heavy atom. The van der Waals surface area contributed by atoms with Gasteiger partial charge < -0.3 is 30.9 Å². The number of hydrogen-bond donors (Lipinski definition) is 4. The highest BCUT2D eigenvalue weighted by molar-refractivity contribution is 5.80. The Balaban J connectivity index is 3.37. The minimum atomic E-state index is -0.947. The summed E-state index contributed by atoms with van der Waals surface area (Å²) in [6.45, 7) is 5.42. The van der Waals surface area contributed by atoms with Gasteiger partial charge in [0.15, 0.2) is 0 Å². The number of unbranched alkanes of at least 4 members (excludes halogenated alkanes) is 13. The van der Waals surface area contributed by atoms with Crippen LogP contribution in [0.5, 0.6) is 0 Å². The topological polar surface area (TPSA) is 125 Å². The summed E-state index contributed by atoms with van der Waals surface area (Å²) in [6.07, 6.45) is 17.9. The van der Waals surface area contributed by atoms with Crippen molar-refractivity contribution in [2.75, 3.05) is 46.1 Å². The predicted molar refractivity (Wildman–Crippen MR) is 141 cm³/mol. The quantitative estimate of drug-likeness (QED) is 0.128. The van der Waals surface area contributed by atoms with Gasteiger partial charge >= 0.3 is 0 Å². The number of aliphatic hydroxyl groups excluding tert-OH is 1. The Bertz CT molecular complexity index is 480. The molecule has 0 aromatic heterocycles. The number of aliphatic hydroxyl groups is 1. The first-order valence-electron chi connectivity index (χ1n) is 14.3. The van der Waals surface area contributed by atoms with E-state index in [0.29, 0.717) is 58.9 Å². The fraction of sp³-hybridized carbons (Fsp3) is 0.926. The molecule has 0 aromatic rings. The molecule has 35 heavy (non-hydrogen) atoms. The van der Waals surface area contributed by atoms with Gasteiger partial charge in [-0.05, 0) is 6.42 Å². The van der Waals surface area contributed by atoms with Crippen LogP contribution in [0, 0.1) is 0 Å². The fourth-order valence-corrected chi connectivity index (χ4v) is 3.85. The monoisotopic (exact) mass is 502 g/mol. The Labute approximate surface area is 214 Å². The molecule has 208 valence electrons. The van der Waals surface area contributed by atoms with Crippen LogP contribution >= 0.6 is 0 Å². The van der Waals surface area contributed by atoms with Gasteiger partial charge in [0.25, 0.3) is 0 Å². The summed E-state index contributed by atoms with van der Waals surface area (Å²) in [6, 6.07) is 0. The van der Waals surface area contributed by atoms with E-state index in [9.17, 15) is 14.7 Å². The predicted octanol–water partition coefficient (Wildman–Crippen LogP) is 3.12. The van der Waals surface area contributed by atoms with Crippen LogP contribution < -0.4 is 16.4 Å². The van der Waals surface area contributed by atoms with Gasteiger partial charge in [-0.25, -0.2) is 0 Å². The lowest BCUT2D eigenvalue weighted by Gasteiger charge is -2.12. The van der Waals surface area contributed by atoms with Gasteiger partial charge in [-0.1, -0.05) is 96.8 Å². The van der Waals surface area contributed by atoms with Crippen molar-refractivity contribution in [1.29, 1.82) is 0 Å². The SMILES string of the molecule is CCCCCCCCCCCCCCCCC(O)C(=O)NCCOCCNC(=O)CCOCC[NH3+]. The summed E-state index contributed by atoms with van der Waals surface area (Å²) in [5.41, 5.74) is 3.67. The lowest BCUT2D eigenvalue weighted by atomic mass is 10.0. The Hall–Kier alpha value is -1.22. The first kappa shape index (κ1) is 33.8. The maximum Gasteiger partial charge on any atom is 0.248 e. The number of carbonyl (C=O) groups excluding carboxylic acids is 2. The van der Waals surface area contributed by atoms with E-state index in [2.05, 4.69) is 23.3 Å². The van der Waals surface area contributed by atoms with Gasteiger partial charge in [0.2, 0.25) is 11.8 Å². The number of ether oxygens (including phenoxy) is 2. The van der Waals surface area contributed by atoms with Gasteiger partial charge in [0.1, 0.15) is 6.10 Å². The summed E-state index contributed by atoms with van der Waals surface area (Å²) in [4.78, 5) is 23.5. The van der Waals surface area contributed by atoms with Crippen molar-refractivity contribution in [1.82, 2.24) is 10.6 Å². The highest BCUT2D eigenvalue weighted by Gasteiger charge is 2.13. The molecular weight excluding hydrogens is 446 g/mol. The number of quaternary nitrogens is 1. The fourth-order valence-electron chi connectivity index (χ4n) is 3.85. The highest BCUT2D eigenvalue weighted by atomic mass is 16.5. The van der Waals surface area contributed by atoms with E-state index >= 15 is 0 Å². The van der Waals surface area contributed by atoms with E-state index in [0.717, 1.165) is 12.8 Å². The number of carbonyl (C=O) groups is 2. The second kappa shape index (κ2) is 27.4. The van der Waals surface area contributed by atoms with Crippen LogP contribution in [0.3, 0.4) is 0 Å². The van der Waals surface area contributed by atoms with Crippen LogP contribution in [-0.4, -0.2) is 69.1 Å². The molecule has 0 heterocycles. The molecule has 8 nitrogen and oxygen atoms in total. The van der Waals surface area contributed by atoms with Crippen molar-refractivity contribution in [3.63, 3.8) is 0 Å². The smallest absolute Gasteiger partial charge is 0.248 e. The van der Waals surface area contributed by atoms with E-state index in [1.165, 1.54) is 77.0 Å². The zero-order valence-corrected chi connectivity index (χ0v) is 22.6. The molecule has 1 atom stereocenters. The van der Waals surface area contributed by atoms with Crippen molar-refractivity contribution < 1.29 is 29.9 Å². The van der Waals surface area contributed by atoms with Crippen LogP contribution in [-0.2, 0) is 19.1 Å². The van der Waals surface area contributed by atoms with Crippen molar-refractivity contribution in [3.8, 4) is 0 Å². The van der Waals surface area contributed by atoms with Gasteiger partial charge in [0, 0.05) is 19.5 Å². The molecule has 0 aliphatic rings. The average molecular weight is 503 g/mol. The molecule has 0 aliphatic heterocycles. The molecule has 0 radical (unpaired) electrons. The molecule has 0 aliphatic carbocycles. The zero-order chi connectivity index (χ0) is 25.8. The zero-order valence-electron chi connectivity index (χ0n) is 22.6. The minimum absolute atomic E-state index is 0.0717. The van der Waals surface area contributed by atoms with Crippen LogP contribution in [0.1, 0.15) is 110 Å². The first-order chi connectivity index (χ1) is 17.1. The third-order valence-corrected chi connectivity index (χ3v) is 6.01. The molecule has 0 saturated carbocycles. The molecule has 6 N–H and O–H groups in total. The lowest BCUT2D eigenvalue weighted by Crippen LogP contribution is -2.52. The summed E-state index contributed by atoms with van der Waals surface area (Å²) >= 11 is 0. The summed E-state index contributed by atoms with van der Waals surface area (Å²) in [5.74, 6) is -0.406. The molecule has 0 aromatic carbocycles. The molecule has 0 saturated heterocycles. The Morgan fingerprint density at radius 3 is 1.74 bits per heavy atom. The molecule has 0 fully saturated rings. The van der Waals surface area contributed by atoms with E-state index in [-0.39, 0.29) is 11.8 Å². The van der Waals surface area contributed by atoms with E-state index in [4.69, 9.17) is 9.47 Å². The summed E-state index contributed by atoms with van der Waals surface area (Å²) in [5, 5.41) is 15.5. The molecule has 0 rings (SSSR count). The maximum absolute atomic E-state index is 11.9. The standard InChI is InChI=1S/C27H55N3O5/c1-2-3-4-5-6-7-8-9-10-11-12-13-14-15-16-25(31)27(33)30-20-24-35-23-19-29-26(32)17-21-34-22-18-28/h25,31H,2-24,28H2,1H3,(H,29,32)(H,30,33)/p+1. The summed E-state index contributed by atoms with van der Waals surface area (Å²) < 4.78 is 10.6. The van der Waals surface area contributed by atoms with Crippen LogP contribution in [0.2, 0.25) is 0 Å². The van der Waals surface area contributed by atoms with Crippen LogP contribution in [0.25, 0.3) is 0 Å². The van der Waals surface area contributed by atoms with Crippen molar-refractivity contribution in [3.05, 3.63) is 0 Å². The molecule has 0 spiro atoms. The van der Waals surface area contributed by atoms with Gasteiger partial charge in [-0.2, -0.15) is 0 Å². The Morgan fingerprint density at radius 1 is 0.714 bits per heavy atom. The van der Waals surface area contributed by atoms with Gasteiger partial charge in [-0.3, -0.25) is 9.59 Å².